The number of anilines is 2. The molecule has 2 aromatic rings. The van der Waals surface area contributed by atoms with Crippen LogP contribution in [0.1, 0.15) is 18.4 Å². The Hall–Kier alpha value is -2.19. The fourth-order valence-electron chi connectivity index (χ4n) is 4.25. The number of rotatable bonds is 3. The van der Waals surface area contributed by atoms with E-state index >= 15 is 0 Å². The number of piperidine rings is 1. The van der Waals surface area contributed by atoms with Crippen molar-refractivity contribution >= 4 is 40.6 Å². The zero-order valence-electron chi connectivity index (χ0n) is 17.3. The monoisotopic (exact) mass is 486 g/mol. The SMILES string of the molecule is O=C(C1CCN(c2ncc(C(F)(F)F)cc2Cl)CC1)N1CCN(c2ccc(Cl)cc2)CC1. The summed E-state index contributed by atoms with van der Waals surface area (Å²) in [7, 11) is 0. The Morgan fingerprint density at radius 1 is 0.938 bits per heavy atom. The normalized spacial score (nSPS) is 18.2. The topological polar surface area (TPSA) is 39.7 Å². The van der Waals surface area contributed by atoms with Crippen LogP contribution in [-0.2, 0) is 11.0 Å². The number of carbonyl (C=O) groups excluding carboxylic acids is 1. The van der Waals surface area contributed by atoms with E-state index in [0.717, 1.165) is 31.0 Å². The van der Waals surface area contributed by atoms with Crippen LogP contribution in [0.5, 0.6) is 0 Å². The summed E-state index contributed by atoms with van der Waals surface area (Å²) in [5.74, 6) is 0.385. The zero-order valence-corrected chi connectivity index (χ0v) is 18.8. The highest BCUT2D eigenvalue weighted by Gasteiger charge is 2.34. The molecule has 2 aliphatic heterocycles. The van der Waals surface area contributed by atoms with Crippen LogP contribution in [0.4, 0.5) is 24.7 Å². The highest BCUT2D eigenvalue weighted by molar-refractivity contribution is 6.33. The van der Waals surface area contributed by atoms with Gasteiger partial charge in [0.2, 0.25) is 5.91 Å². The van der Waals surface area contributed by atoms with Crippen molar-refractivity contribution in [1.82, 2.24) is 9.88 Å². The number of benzene rings is 1. The number of hydrogen-bond acceptors (Lipinski definition) is 4. The minimum Gasteiger partial charge on any atom is -0.368 e. The van der Waals surface area contributed by atoms with Gasteiger partial charge in [0.05, 0.1) is 10.6 Å². The maximum absolute atomic E-state index is 13.0. The lowest BCUT2D eigenvalue weighted by atomic mass is 9.95. The second-order valence-corrected chi connectivity index (χ2v) is 8.92. The first kappa shape index (κ1) is 23.0. The quantitative estimate of drug-likeness (QED) is 0.613. The second kappa shape index (κ2) is 9.35. The Bertz CT molecular complexity index is 955. The van der Waals surface area contributed by atoms with Crippen LogP contribution in [0.2, 0.25) is 10.0 Å². The van der Waals surface area contributed by atoms with Gasteiger partial charge in [0.15, 0.2) is 0 Å². The van der Waals surface area contributed by atoms with E-state index in [1.54, 1.807) is 0 Å². The van der Waals surface area contributed by atoms with Gasteiger partial charge in [-0.2, -0.15) is 13.2 Å². The molecule has 0 radical (unpaired) electrons. The third-order valence-electron chi connectivity index (χ3n) is 6.08. The molecule has 0 saturated carbocycles. The van der Waals surface area contributed by atoms with E-state index in [2.05, 4.69) is 9.88 Å². The van der Waals surface area contributed by atoms with Gasteiger partial charge < -0.3 is 14.7 Å². The molecule has 1 aromatic carbocycles. The van der Waals surface area contributed by atoms with E-state index in [4.69, 9.17) is 23.2 Å². The summed E-state index contributed by atoms with van der Waals surface area (Å²) in [6, 6.07) is 8.59. The number of halogens is 5. The predicted molar refractivity (Wildman–Crippen MR) is 119 cm³/mol. The number of nitrogens with zero attached hydrogens (tertiary/aromatic N) is 4. The van der Waals surface area contributed by atoms with Crippen molar-refractivity contribution in [1.29, 1.82) is 0 Å². The minimum absolute atomic E-state index is 0.0251. The molecule has 0 bridgehead atoms. The van der Waals surface area contributed by atoms with E-state index < -0.39 is 11.7 Å². The molecule has 0 spiro atoms. The highest BCUT2D eigenvalue weighted by atomic mass is 35.5. The molecule has 0 aliphatic carbocycles. The van der Waals surface area contributed by atoms with Crippen LogP contribution in [0.3, 0.4) is 0 Å². The predicted octanol–water partition coefficient (Wildman–Crippen LogP) is 4.97. The number of hydrogen-bond donors (Lipinski definition) is 0. The molecule has 1 amide bonds. The van der Waals surface area contributed by atoms with Crippen molar-refractivity contribution in [2.45, 2.75) is 19.0 Å². The van der Waals surface area contributed by atoms with Crippen LogP contribution < -0.4 is 9.80 Å². The van der Waals surface area contributed by atoms with Crippen LogP contribution in [0.25, 0.3) is 0 Å². The Morgan fingerprint density at radius 3 is 2.12 bits per heavy atom. The Kier molecular flexibility index (Phi) is 6.72. The average molecular weight is 487 g/mol. The molecule has 2 aliphatic rings. The van der Waals surface area contributed by atoms with Gasteiger partial charge in [-0.3, -0.25) is 4.79 Å². The molecular formula is C22H23Cl2F3N4O. The standard InChI is InChI=1S/C22H23Cl2F3N4O/c23-17-1-3-18(4-2-17)29-9-11-31(12-10-29)21(32)15-5-7-30(8-6-15)20-19(24)13-16(14-28-20)22(25,26)27/h1-4,13-15H,5-12H2. The first-order chi connectivity index (χ1) is 15.2. The first-order valence-corrected chi connectivity index (χ1v) is 11.2. The molecule has 0 atom stereocenters. The maximum Gasteiger partial charge on any atom is 0.417 e. The Morgan fingerprint density at radius 2 is 1.56 bits per heavy atom. The number of piperazine rings is 1. The summed E-state index contributed by atoms with van der Waals surface area (Å²) >= 11 is 12.0. The fraction of sp³-hybridized carbons (Fsp3) is 0.455. The number of alkyl halides is 3. The lowest BCUT2D eigenvalue weighted by Crippen LogP contribution is -2.51. The van der Waals surface area contributed by atoms with Crippen molar-refractivity contribution in [3.63, 3.8) is 0 Å². The van der Waals surface area contributed by atoms with Crippen LogP contribution in [0.15, 0.2) is 36.5 Å². The zero-order chi connectivity index (χ0) is 22.9. The largest absolute Gasteiger partial charge is 0.417 e. The summed E-state index contributed by atoms with van der Waals surface area (Å²) in [5, 5.41) is 0.671. The van der Waals surface area contributed by atoms with Crippen LogP contribution >= 0.6 is 23.2 Å². The van der Waals surface area contributed by atoms with E-state index in [0.29, 0.717) is 49.9 Å². The number of amides is 1. The molecular weight excluding hydrogens is 464 g/mol. The molecule has 4 rings (SSSR count). The molecule has 2 fully saturated rings. The second-order valence-electron chi connectivity index (χ2n) is 8.08. The third-order valence-corrected chi connectivity index (χ3v) is 6.61. The minimum atomic E-state index is -4.48. The van der Waals surface area contributed by atoms with Crippen molar-refractivity contribution in [2.24, 2.45) is 5.92 Å². The van der Waals surface area contributed by atoms with Gasteiger partial charge in [-0.1, -0.05) is 23.2 Å². The van der Waals surface area contributed by atoms with Crippen LogP contribution in [0, 0.1) is 5.92 Å². The summed E-state index contributed by atoms with van der Waals surface area (Å²) < 4.78 is 38.5. The van der Waals surface area contributed by atoms with Gasteiger partial charge in [0.1, 0.15) is 5.82 Å². The molecule has 0 unspecified atom stereocenters. The van der Waals surface area contributed by atoms with E-state index in [-0.39, 0.29) is 16.8 Å². The van der Waals surface area contributed by atoms with Gasteiger partial charge >= 0.3 is 6.18 Å². The molecule has 32 heavy (non-hydrogen) atoms. The smallest absolute Gasteiger partial charge is 0.368 e. The summed E-state index contributed by atoms with van der Waals surface area (Å²) in [6.07, 6.45) is -2.44. The van der Waals surface area contributed by atoms with E-state index in [1.165, 1.54) is 0 Å². The van der Waals surface area contributed by atoms with Crippen LogP contribution in [-0.4, -0.2) is 55.1 Å². The third kappa shape index (κ3) is 5.07. The van der Waals surface area contributed by atoms with Crippen molar-refractivity contribution in [3.8, 4) is 0 Å². The maximum atomic E-state index is 13.0. The van der Waals surface area contributed by atoms with Crippen molar-refractivity contribution in [2.75, 3.05) is 49.1 Å². The Labute approximate surface area is 194 Å². The van der Waals surface area contributed by atoms with Crippen molar-refractivity contribution < 1.29 is 18.0 Å². The molecule has 2 saturated heterocycles. The lowest BCUT2D eigenvalue weighted by molar-refractivity contribution is -0.138. The lowest BCUT2D eigenvalue weighted by Gasteiger charge is -2.39. The average Bonchev–Trinajstić information content (AvgIpc) is 2.79. The van der Waals surface area contributed by atoms with E-state index in [1.807, 2.05) is 34.1 Å². The molecule has 0 N–H and O–H groups in total. The van der Waals surface area contributed by atoms with E-state index in [9.17, 15) is 18.0 Å². The molecule has 5 nitrogen and oxygen atoms in total. The summed E-state index contributed by atoms with van der Waals surface area (Å²) in [4.78, 5) is 22.9. The van der Waals surface area contributed by atoms with Gasteiger partial charge in [0, 0.05) is 62.1 Å². The molecule has 1 aromatic heterocycles. The van der Waals surface area contributed by atoms with Gasteiger partial charge in [-0.05, 0) is 43.2 Å². The fourth-order valence-corrected chi connectivity index (χ4v) is 4.66. The van der Waals surface area contributed by atoms with Gasteiger partial charge in [0.25, 0.3) is 0 Å². The number of pyridine rings is 1. The van der Waals surface area contributed by atoms with Crippen molar-refractivity contribution in [3.05, 3.63) is 52.1 Å². The first-order valence-electron chi connectivity index (χ1n) is 10.5. The number of carbonyl (C=O) groups is 1. The highest BCUT2D eigenvalue weighted by Crippen LogP contribution is 2.35. The Balaban J connectivity index is 1.30. The summed E-state index contributed by atoms with van der Waals surface area (Å²) in [5.41, 5.74) is 0.227. The number of aromatic nitrogens is 1. The summed E-state index contributed by atoms with van der Waals surface area (Å²) in [6.45, 7) is 3.90. The molecule has 3 heterocycles. The van der Waals surface area contributed by atoms with Gasteiger partial charge in [-0.15, -0.1) is 0 Å². The van der Waals surface area contributed by atoms with Gasteiger partial charge in [-0.25, -0.2) is 4.98 Å². The molecule has 10 heteroatoms. The molecule has 172 valence electrons.